The number of nitrogens with one attached hydrogen (secondary N) is 2. The van der Waals surface area contributed by atoms with Gasteiger partial charge < -0.3 is 15.2 Å². The van der Waals surface area contributed by atoms with E-state index in [1.165, 1.54) is 16.0 Å². The number of nitrogens with zero attached hydrogens (tertiary/aromatic N) is 3. The molecule has 1 aliphatic carbocycles. The monoisotopic (exact) mass is 515 g/mol. The van der Waals surface area contributed by atoms with E-state index in [9.17, 15) is 17.6 Å². The molecule has 37 heavy (non-hydrogen) atoms. The molecule has 3 aliphatic rings. The number of rotatable bonds is 7. The van der Waals surface area contributed by atoms with Crippen molar-refractivity contribution in [3.8, 4) is 0 Å². The molecule has 2 N–H and O–H groups in total. The minimum absolute atomic E-state index is 0.252. The number of hydrogen-bond acceptors (Lipinski definition) is 4. The van der Waals surface area contributed by atoms with Gasteiger partial charge in [0, 0.05) is 48.3 Å². The first-order valence-corrected chi connectivity index (χ1v) is 13.3. The van der Waals surface area contributed by atoms with Gasteiger partial charge in [-0.2, -0.15) is 13.2 Å². The van der Waals surface area contributed by atoms with Crippen molar-refractivity contribution in [3.63, 3.8) is 0 Å². The van der Waals surface area contributed by atoms with Crippen LogP contribution in [0.4, 0.5) is 23.2 Å². The van der Waals surface area contributed by atoms with Crippen molar-refractivity contribution in [2.24, 2.45) is 0 Å². The molecule has 1 aromatic carbocycles. The number of pyridine rings is 1. The number of alkyl halides is 4. The topological polar surface area (TPSA) is 47.2 Å². The first-order valence-electron chi connectivity index (χ1n) is 13.3. The van der Waals surface area contributed by atoms with Crippen molar-refractivity contribution >= 4 is 16.6 Å². The number of aryl methyl sites for hydroxylation is 2. The third kappa shape index (κ3) is 4.83. The van der Waals surface area contributed by atoms with E-state index in [1.54, 1.807) is 6.20 Å². The number of hydrogen-bond donors (Lipinski definition) is 2. The number of benzene rings is 1. The number of likely N-dealkylation sites (tertiary alicyclic amines) is 1. The first kappa shape index (κ1) is 24.7. The number of aromatic amines is 1. The molecule has 1 unspecified atom stereocenters. The highest BCUT2D eigenvalue weighted by Crippen LogP contribution is 2.43. The van der Waals surface area contributed by atoms with E-state index in [0.717, 1.165) is 66.7 Å². The molecule has 0 saturated carbocycles. The summed E-state index contributed by atoms with van der Waals surface area (Å²) in [6.45, 7) is 3.14. The third-order valence-corrected chi connectivity index (χ3v) is 8.27. The van der Waals surface area contributed by atoms with Gasteiger partial charge in [-0.25, -0.2) is 0 Å². The average Bonchev–Trinajstić information content (AvgIpc) is 3.43. The zero-order chi connectivity index (χ0) is 25.7. The summed E-state index contributed by atoms with van der Waals surface area (Å²) < 4.78 is 53.6. The lowest BCUT2D eigenvalue weighted by Crippen LogP contribution is -2.47. The van der Waals surface area contributed by atoms with Crippen molar-refractivity contribution in [1.82, 2.24) is 19.8 Å². The van der Waals surface area contributed by atoms with Crippen molar-refractivity contribution in [2.75, 3.05) is 38.2 Å². The number of halogens is 4. The Kier molecular flexibility index (Phi) is 6.39. The Bertz CT molecular complexity index is 1270. The molecule has 1 saturated heterocycles. The quantitative estimate of drug-likeness (QED) is 0.414. The van der Waals surface area contributed by atoms with Gasteiger partial charge in [0.25, 0.3) is 0 Å². The van der Waals surface area contributed by atoms with Crippen molar-refractivity contribution in [2.45, 2.75) is 63.3 Å². The van der Waals surface area contributed by atoms with Gasteiger partial charge in [0.2, 0.25) is 0 Å². The van der Waals surface area contributed by atoms with E-state index < -0.39 is 18.8 Å². The molecule has 0 amide bonds. The number of aromatic nitrogens is 2. The fraction of sp³-hybridized carbons (Fsp3) is 0.536. The maximum Gasteiger partial charge on any atom is 0.401 e. The van der Waals surface area contributed by atoms with Crippen LogP contribution in [0.5, 0.6) is 0 Å². The Labute approximate surface area is 214 Å². The van der Waals surface area contributed by atoms with Crippen LogP contribution in [0.3, 0.4) is 0 Å². The molecule has 3 atom stereocenters. The molecule has 9 heteroatoms. The van der Waals surface area contributed by atoms with Gasteiger partial charge in [-0.3, -0.25) is 14.3 Å². The van der Waals surface area contributed by atoms with Crippen molar-refractivity contribution < 1.29 is 17.6 Å². The molecule has 198 valence electrons. The highest BCUT2D eigenvalue weighted by atomic mass is 19.4. The summed E-state index contributed by atoms with van der Waals surface area (Å²) >= 11 is 0. The molecule has 0 radical (unpaired) electrons. The van der Waals surface area contributed by atoms with Gasteiger partial charge >= 0.3 is 6.18 Å². The second kappa shape index (κ2) is 9.58. The highest BCUT2D eigenvalue weighted by molar-refractivity contribution is 5.87. The Hall–Kier alpha value is -2.65. The smallest absolute Gasteiger partial charge is 0.380 e. The third-order valence-electron chi connectivity index (χ3n) is 8.27. The Morgan fingerprint density at radius 2 is 1.97 bits per heavy atom. The fourth-order valence-electron chi connectivity index (χ4n) is 6.35. The van der Waals surface area contributed by atoms with Crippen molar-refractivity contribution in [3.05, 3.63) is 58.5 Å². The Morgan fingerprint density at radius 3 is 2.68 bits per heavy atom. The molecule has 6 rings (SSSR count). The van der Waals surface area contributed by atoms with Gasteiger partial charge in [-0.05, 0) is 80.0 Å². The molecule has 4 heterocycles. The molecule has 5 nitrogen and oxygen atoms in total. The van der Waals surface area contributed by atoms with E-state index in [4.69, 9.17) is 0 Å². The summed E-state index contributed by atoms with van der Waals surface area (Å²) in [6, 6.07) is 7.54. The minimum atomic E-state index is -4.31. The molecule has 3 aromatic rings. The first-order chi connectivity index (χ1) is 17.8. The summed E-state index contributed by atoms with van der Waals surface area (Å²) in [4.78, 5) is 12.0. The largest absolute Gasteiger partial charge is 0.401 e. The van der Waals surface area contributed by atoms with E-state index in [1.807, 2.05) is 19.1 Å². The standard InChI is InChI=1S/C28H33F4N5/c1-17-11-23-22-12-18-3-4-19(18)13-25(22)35-26(23)27(37(17)16-28(30,31)32)24-6-5-20(14-33-24)34-21-7-10-36(15-21)9-2-8-29/h5-6,12-14,17,21,27,34-35H,2-4,7-11,15-16H2,1H3/t17?,21-,27+/m0/s1. The molecule has 0 bridgehead atoms. The van der Waals surface area contributed by atoms with E-state index in [-0.39, 0.29) is 18.8 Å². The SMILES string of the molecule is CC1Cc2c([nH]c3cc4c(cc23)CC4)[C@@H](c2ccc(N[C@H]3CCN(CCCF)C3)cn2)N1CC(F)(F)F. The summed E-state index contributed by atoms with van der Waals surface area (Å²) in [7, 11) is 0. The molecule has 1 fully saturated rings. The van der Waals surface area contributed by atoms with Crippen LogP contribution in [0.25, 0.3) is 10.9 Å². The lowest BCUT2D eigenvalue weighted by molar-refractivity contribution is -0.155. The predicted molar refractivity (Wildman–Crippen MR) is 137 cm³/mol. The Morgan fingerprint density at radius 1 is 1.16 bits per heavy atom. The van der Waals surface area contributed by atoms with Crippen LogP contribution in [-0.4, -0.2) is 70.9 Å². The van der Waals surface area contributed by atoms with Crippen LogP contribution < -0.4 is 5.32 Å². The average molecular weight is 516 g/mol. The summed E-state index contributed by atoms with van der Waals surface area (Å²) in [5.41, 5.74) is 7.08. The second-order valence-electron chi connectivity index (χ2n) is 10.9. The zero-order valence-corrected chi connectivity index (χ0v) is 21.0. The van der Waals surface area contributed by atoms with Crippen molar-refractivity contribution in [1.29, 1.82) is 0 Å². The molecule has 2 aliphatic heterocycles. The maximum absolute atomic E-state index is 13.7. The van der Waals surface area contributed by atoms with Crippen LogP contribution in [0, 0.1) is 0 Å². The van der Waals surface area contributed by atoms with Crippen LogP contribution in [0.1, 0.15) is 53.9 Å². The molecular weight excluding hydrogens is 482 g/mol. The summed E-state index contributed by atoms with van der Waals surface area (Å²) in [6.07, 6.45) is 1.63. The Balaban J connectivity index is 1.29. The van der Waals surface area contributed by atoms with Crippen LogP contribution in [-0.2, 0) is 19.3 Å². The van der Waals surface area contributed by atoms with Gasteiger partial charge in [0.05, 0.1) is 36.8 Å². The highest BCUT2D eigenvalue weighted by Gasteiger charge is 2.42. The molecule has 0 spiro atoms. The normalized spacial score (nSPS) is 24.2. The van der Waals surface area contributed by atoms with Crippen LogP contribution in [0.15, 0.2) is 30.5 Å². The number of H-pyrrole nitrogens is 1. The van der Waals surface area contributed by atoms with Crippen LogP contribution >= 0.6 is 0 Å². The van der Waals surface area contributed by atoms with E-state index >= 15 is 0 Å². The van der Waals surface area contributed by atoms with Crippen LogP contribution in [0.2, 0.25) is 0 Å². The van der Waals surface area contributed by atoms with Gasteiger partial charge in [-0.15, -0.1) is 0 Å². The minimum Gasteiger partial charge on any atom is -0.380 e. The molecular formula is C28H33F4N5. The van der Waals surface area contributed by atoms with E-state index in [0.29, 0.717) is 18.5 Å². The predicted octanol–water partition coefficient (Wildman–Crippen LogP) is 5.41. The lowest BCUT2D eigenvalue weighted by Gasteiger charge is -2.40. The van der Waals surface area contributed by atoms with Gasteiger partial charge in [0.15, 0.2) is 0 Å². The fourth-order valence-corrected chi connectivity index (χ4v) is 6.35. The molecule has 2 aromatic heterocycles. The second-order valence-corrected chi connectivity index (χ2v) is 10.9. The van der Waals surface area contributed by atoms with Gasteiger partial charge in [0.1, 0.15) is 0 Å². The summed E-state index contributed by atoms with van der Waals surface area (Å²) in [5, 5.41) is 4.63. The maximum atomic E-state index is 13.7. The zero-order valence-electron chi connectivity index (χ0n) is 21.0. The van der Waals surface area contributed by atoms with Gasteiger partial charge in [-0.1, -0.05) is 0 Å². The lowest BCUT2D eigenvalue weighted by atomic mass is 9.85. The number of fused-ring (bicyclic) bond motifs is 4. The summed E-state index contributed by atoms with van der Waals surface area (Å²) in [5.74, 6) is 0. The number of anilines is 1. The van der Waals surface area contributed by atoms with E-state index in [2.05, 4.69) is 32.3 Å².